The SMILES string of the molecule is O=C(CN1CCCCS1(=O)=O)NCc1cccnc1. The Bertz CT molecular complexity index is 530. The molecule has 104 valence electrons. The summed E-state index contributed by atoms with van der Waals surface area (Å²) >= 11 is 0. The number of carbonyl (C=O) groups excluding carboxylic acids is 1. The molecule has 0 saturated carbocycles. The first-order valence-corrected chi connectivity index (χ1v) is 7.82. The van der Waals surface area contributed by atoms with Crippen molar-refractivity contribution in [2.75, 3.05) is 18.8 Å². The van der Waals surface area contributed by atoms with Crippen LogP contribution in [0.3, 0.4) is 0 Å². The van der Waals surface area contributed by atoms with Gasteiger partial charge in [-0.05, 0) is 24.5 Å². The average molecular weight is 283 g/mol. The lowest BCUT2D eigenvalue weighted by Gasteiger charge is -2.25. The van der Waals surface area contributed by atoms with Gasteiger partial charge in [-0.3, -0.25) is 9.78 Å². The molecular weight excluding hydrogens is 266 g/mol. The van der Waals surface area contributed by atoms with Crippen molar-refractivity contribution in [1.29, 1.82) is 0 Å². The molecule has 0 unspecified atom stereocenters. The van der Waals surface area contributed by atoms with Gasteiger partial charge in [0.15, 0.2) is 0 Å². The Labute approximate surface area is 112 Å². The number of rotatable bonds is 4. The second-order valence-electron chi connectivity index (χ2n) is 4.49. The molecule has 1 aliphatic heterocycles. The Balaban J connectivity index is 1.84. The van der Waals surface area contributed by atoms with E-state index in [0.717, 1.165) is 12.0 Å². The van der Waals surface area contributed by atoms with Gasteiger partial charge in [0, 0.05) is 25.5 Å². The van der Waals surface area contributed by atoms with Gasteiger partial charge < -0.3 is 5.32 Å². The lowest BCUT2D eigenvalue weighted by molar-refractivity contribution is -0.121. The van der Waals surface area contributed by atoms with Crippen LogP contribution >= 0.6 is 0 Å². The predicted molar refractivity (Wildman–Crippen MR) is 70.7 cm³/mol. The van der Waals surface area contributed by atoms with Crippen molar-refractivity contribution >= 4 is 15.9 Å². The van der Waals surface area contributed by atoms with E-state index < -0.39 is 10.0 Å². The number of hydrogen-bond donors (Lipinski definition) is 1. The third kappa shape index (κ3) is 4.00. The van der Waals surface area contributed by atoms with E-state index in [9.17, 15) is 13.2 Å². The zero-order valence-corrected chi connectivity index (χ0v) is 11.4. The van der Waals surface area contributed by atoms with Crippen molar-refractivity contribution in [2.45, 2.75) is 19.4 Å². The standard InChI is InChI=1S/C12H17N3O3S/c16-12(14-9-11-4-3-5-13-8-11)10-15-6-1-2-7-19(15,17)18/h3-5,8H,1-2,6-7,9-10H2,(H,14,16). The van der Waals surface area contributed by atoms with Crippen LogP contribution in [0.15, 0.2) is 24.5 Å². The van der Waals surface area contributed by atoms with Crippen LogP contribution in [0.2, 0.25) is 0 Å². The zero-order valence-electron chi connectivity index (χ0n) is 10.6. The summed E-state index contributed by atoms with van der Waals surface area (Å²) in [5.74, 6) is -0.141. The average Bonchev–Trinajstić information content (AvgIpc) is 2.40. The van der Waals surface area contributed by atoms with Crippen LogP contribution in [-0.4, -0.2) is 42.5 Å². The van der Waals surface area contributed by atoms with Gasteiger partial charge in [-0.1, -0.05) is 6.07 Å². The highest BCUT2D eigenvalue weighted by molar-refractivity contribution is 7.89. The fourth-order valence-electron chi connectivity index (χ4n) is 1.94. The lowest BCUT2D eigenvalue weighted by atomic mass is 10.3. The maximum Gasteiger partial charge on any atom is 0.235 e. The first-order chi connectivity index (χ1) is 9.08. The Morgan fingerprint density at radius 1 is 1.42 bits per heavy atom. The summed E-state index contributed by atoms with van der Waals surface area (Å²) < 4.78 is 24.7. The Morgan fingerprint density at radius 3 is 2.95 bits per heavy atom. The van der Waals surface area contributed by atoms with Gasteiger partial charge in [-0.25, -0.2) is 8.42 Å². The van der Waals surface area contributed by atoms with E-state index in [1.165, 1.54) is 4.31 Å². The van der Waals surface area contributed by atoms with E-state index in [1.807, 2.05) is 6.07 Å². The first kappa shape index (κ1) is 14.0. The minimum absolute atomic E-state index is 0.0946. The normalized spacial score (nSPS) is 18.9. The highest BCUT2D eigenvalue weighted by Gasteiger charge is 2.27. The van der Waals surface area contributed by atoms with Gasteiger partial charge in [0.2, 0.25) is 15.9 Å². The Morgan fingerprint density at radius 2 is 2.26 bits per heavy atom. The molecule has 0 aliphatic carbocycles. The van der Waals surface area contributed by atoms with Gasteiger partial charge in [0.05, 0.1) is 12.3 Å². The topological polar surface area (TPSA) is 79.4 Å². The summed E-state index contributed by atoms with van der Waals surface area (Å²) in [5.41, 5.74) is 0.886. The smallest absolute Gasteiger partial charge is 0.235 e. The quantitative estimate of drug-likeness (QED) is 0.851. The summed E-state index contributed by atoms with van der Waals surface area (Å²) in [6.45, 7) is 0.700. The molecule has 0 atom stereocenters. The van der Waals surface area contributed by atoms with E-state index >= 15 is 0 Å². The lowest BCUT2D eigenvalue weighted by Crippen LogP contribution is -2.44. The van der Waals surface area contributed by atoms with E-state index in [2.05, 4.69) is 10.3 Å². The molecular formula is C12H17N3O3S. The predicted octanol–water partition coefficient (Wildman–Crippen LogP) is 0.123. The third-order valence-electron chi connectivity index (χ3n) is 2.99. The molecule has 2 heterocycles. The number of aromatic nitrogens is 1. The number of nitrogens with zero attached hydrogens (tertiary/aromatic N) is 2. The van der Waals surface area contributed by atoms with Gasteiger partial charge in [0.25, 0.3) is 0 Å². The van der Waals surface area contributed by atoms with Gasteiger partial charge in [0.1, 0.15) is 0 Å². The summed E-state index contributed by atoms with van der Waals surface area (Å²) in [6.07, 6.45) is 4.81. The second kappa shape index (κ2) is 6.12. The molecule has 2 rings (SSSR count). The minimum atomic E-state index is -3.24. The molecule has 0 radical (unpaired) electrons. The number of amides is 1. The molecule has 7 heteroatoms. The molecule has 1 aromatic heterocycles. The molecule has 1 fully saturated rings. The highest BCUT2D eigenvalue weighted by Crippen LogP contribution is 2.12. The van der Waals surface area contributed by atoms with Crippen LogP contribution in [0.25, 0.3) is 0 Å². The maximum atomic E-state index is 11.7. The Kier molecular flexibility index (Phi) is 4.49. The van der Waals surface area contributed by atoms with Crippen molar-refractivity contribution in [1.82, 2.24) is 14.6 Å². The molecule has 0 spiro atoms. The van der Waals surface area contributed by atoms with Crippen LogP contribution < -0.4 is 5.32 Å². The molecule has 1 saturated heterocycles. The molecule has 6 nitrogen and oxygen atoms in total. The summed E-state index contributed by atoms with van der Waals surface area (Å²) in [4.78, 5) is 15.7. The van der Waals surface area contributed by atoms with Crippen molar-refractivity contribution in [3.63, 3.8) is 0 Å². The van der Waals surface area contributed by atoms with Crippen LogP contribution in [0.5, 0.6) is 0 Å². The van der Waals surface area contributed by atoms with Crippen molar-refractivity contribution in [3.8, 4) is 0 Å². The number of nitrogens with one attached hydrogen (secondary N) is 1. The van der Waals surface area contributed by atoms with Gasteiger partial charge in [-0.2, -0.15) is 4.31 Å². The molecule has 1 aromatic rings. The van der Waals surface area contributed by atoms with E-state index in [1.54, 1.807) is 18.5 Å². The summed E-state index contributed by atoms with van der Waals surface area (Å²) in [6, 6.07) is 3.64. The number of pyridine rings is 1. The fraction of sp³-hybridized carbons (Fsp3) is 0.500. The van der Waals surface area contributed by atoms with Crippen molar-refractivity contribution in [2.24, 2.45) is 0 Å². The molecule has 1 amide bonds. The van der Waals surface area contributed by atoms with E-state index in [-0.39, 0.29) is 18.2 Å². The van der Waals surface area contributed by atoms with Gasteiger partial charge in [-0.15, -0.1) is 0 Å². The van der Waals surface area contributed by atoms with Crippen LogP contribution in [-0.2, 0) is 21.4 Å². The maximum absolute atomic E-state index is 11.7. The van der Waals surface area contributed by atoms with Crippen LogP contribution in [0, 0.1) is 0 Å². The summed E-state index contributed by atoms with van der Waals surface area (Å²) in [5, 5.41) is 2.70. The minimum Gasteiger partial charge on any atom is -0.351 e. The molecule has 0 aromatic carbocycles. The molecule has 19 heavy (non-hydrogen) atoms. The molecule has 1 N–H and O–H groups in total. The van der Waals surface area contributed by atoms with Crippen LogP contribution in [0.1, 0.15) is 18.4 Å². The molecule has 0 bridgehead atoms. The first-order valence-electron chi connectivity index (χ1n) is 6.21. The Hall–Kier alpha value is -1.47. The van der Waals surface area contributed by atoms with Crippen LogP contribution in [0.4, 0.5) is 0 Å². The summed E-state index contributed by atoms with van der Waals surface area (Å²) in [7, 11) is -3.24. The molecule has 1 aliphatic rings. The number of sulfonamides is 1. The number of hydrogen-bond acceptors (Lipinski definition) is 4. The highest BCUT2D eigenvalue weighted by atomic mass is 32.2. The second-order valence-corrected chi connectivity index (χ2v) is 6.58. The third-order valence-corrected chi connectivity index (χ3v) is 4.89. The largest absolute Gasteiger partial charge is 0.351 e. The van der Waals surface area contributed by atoms with Gasteiger partial charge >= 0.3 is 0 Å². The zero-order chi connectivity index (χ0) is 13.7. The fourth-order valence-corrected chi connectivity index (χ4v) is 3.49. The monoisotopic (exact) mass is 283 g/mol. The van der Waals surface area contributed by atoms with Crippen molar-refractivity contribution < 1.29 is 13.2 Å². The number of carbonyl (C=O) groups is 1. The van der Waals surface area contributed by atoms with E-state index in [4.69, 9.17) is 0 Å². The van der Waals surface area contributed by atoms with Crippen molar-refractivity contribution in [3.05, 3.63) is 30.1 Å². The van der Waals surface area contributed by atoms with E-state index in [0.29, 0.717) is 19.5 Å².